The summed E-state index contributed by atoms with van der Waals surface area (Å²) in [7, 11) is 0. The van der Waals surface area contributed by atoms with Gasteiger partial charge >= 0.3 is 6.18 Å². The van der Waals surface area contributed by atoms with E-state index in [4.69, 9.17) is 11.6 Å². The van der Waals surface area contributed by atoms with Gasteiger partial charge in [0.2, 0.25) is 5.91 Å². The van der Waals surface area contributed by atoms with Crippen molar-refractivity contribution in [1.82, 2.24) is 20.9 Å². The number of nitrogens with one attached hydrogen (secondary N) is 3. The zero-order valence-electron chi connectivity index (χ0n) is 17.2. The Hall–Kier alpha value is -2.23. The molecule has 1 amide bonds. The number of nitrogens with zero attached hydrogens (tertiary/aromatic N) is 3. The van der Waals surface area contributed by atoms with Crippen molar-refractivity contribution >= 4 is 29.3 Å². The summed E-state index contributed by atoms with van der Waals surface area (Å²) in [6.45, 7) is 6.74. The number of anilines is 1. The standard InChI is InChI=1S/C19H28ClF3N6O/c1-3-7-25-16(30)5-8-26-18(24-4-2)28-14-6-9-29(12-14)17-15(20)10-13(11-27-17)19(21,22)23/h10-11,14H,3-9,12H2,1-2H3,(H,25,30)(H2,24,26,28). The van der Waals surface area contributed by atoms with E-state index in [1.807, 2.05) is 18.7 Å². The lowest BCUT2D eigenvalue weighted by molar-refractivity contribution is -0.137. The first kappa shape index (κ1) is 24.0. The Morgan fingerprint density at radius 3 is 2.77 bits per heavy atom. The summed E-state index contributed by atoms with van der Waals surface area (Å²) in [6, 6.07) is 0.927. The second-order valence-electron chi connectivity index (χ2n) is 6.96. The molecule has 2 rings (SSSR count). The van der Waals surface area contributed by atoms with Crippen LogP contribution in [0.3, 0.4) is 0 Å². The molecule has 1 aromatic rings. The number of hydrogen-bond acceptors (Lipinski definition) is 4. The van der Waals surface area contributed by atoms with Gasteiger partial charge in [0.1, 0.15) is 5.82 Å². The molecule has 3 N–H and O–H groups in total. The molecule has 1 aliphatic heterocycles. The number of carbonyl (C=O) groups excluding carboxylic acids is 1. The van der Waals surface area contributed by atoms with Crippen LogP contribution in [0.5, 0.6) is 0 Å². The SMILES string of the molecule is CCCNC(=O)CCN=C(NCC)NC1CCN(c2ncc(C(F)(F)F)cc2Cl)C1. The number of carbonyl (C=O) groups is 1. The van der Waals surface area contributed by atoms with E-state index in [0.29, 0.717) is 50.9 Å². The minimum atomic E-state index is -4.48. The average Bonchev–Trinajstić information content (AvgIpc) is 3.13. The molecule has 1 fully saturated rings. The van der Waals surface area contributed by atoms with E-state index >= 15 is 0 Å². The molecule has 0 saturated carbocycles. The highest BCUT2D eigenvalue weighted by molar-refractivity contribution is 6.33. The van der Waals surface area contributed by atoms with Crippen molar-refractivity contribution in [3.8, 4) is 0 Å². The zero-order valence-corrected chi connectivity index (χ0v) is 17.9. The number of aromatic nitrogens is 1. The van der Waals surface area contributed by atoms with Crippen molar-refractivity contribution in [2.24, 2.45) is 4.99 Å². The van der Waals surface area contributed by atoms with Crippen LogP contribution in [0, 0.1) is 0 Å². The Bertz CT molecular complexity index is 743. The second-order valence-corrected chi connectivity index (χ2v) is 7.37. The Kier molecular flexibility index (Phi) is 9.01. The fourth-order valence-electron chi connectivity index (χ4n) is 3.02. The Morgan fingerprint density at radius 1 is 1.37 bits per heavy atom. The van der Waals surface area contributed by atoms with Crippen LogP contribution in [0.1, 0.15) is 38.7 Å². The van der Waals surface area contributed by atoms with E-state index in [9.17, 15) is 18.0 Å². The Morgan fingerprint density at radius 2 is 2.13 bits per heavy atom. The molecule has 0 bridgehead atoms. The number of amides is 1. The van der Waals surface area contributed by atoms with Gasteiger partial charge in [0.05, 0.1) is 17.1 Å². The van der Waals surface area contributed by atoms with Crippen LogP contribution in [0.4, 0.5) is 19.0 Å². The molecule has 7 nitrogen and oxygen atoms in total. The zero-order chi connectivity index (χ0) is 22.1. The topological polar surface area (TPSA) is 81.6 Å². The Balaban J connectivity index is 1.93. The minimum absolute atomic E-state index is 0.0239. The number of hydrogen-bond donors (Lipinski definition) is 3. The summed E-state index contributed by atoms with van der Waals surface area (Å²) in [4.78, 5) is 21.9. The van der Waals surface area contributed by atoms with E-state index < -0.39 is 11.7 Å². The first-order valence-corrected chi connectivity index (χ1v) is 10.4. The van der Waals surface area contributed by atoms with Crippen molar-refractivity contribution in [1.29, 1.82) is 0 Å². The van der Waals surface area contributed by atoms with Crippen LogP contribution in [-0.2, 0) is 11.0 Å². The number of rotatable bonds is 8. The maximum absolute atomic E-state index is 12.8. The van der Waals surface area contributed by atoms with Gasteiger partial charge in [-0.15, -0.1) is 0 Å². The molecule has 1 saturated heterocycles. The summed E-state index contributed by atoms with van der Waals surface area (Å²) in [5, 5.41) is 9.23. The highest BCUT2D eigenvalue weighted by Crippen LogP contribution is 2.34. The van der Waals surface area contributed by atoms with Crippen LogP contribution in [0.2, 0.25) is 5.02 Å². The smallest absolute Gasteiger partial charge is 0.357 e. The van der Waals surface area contributed by atoms with Crippen molar-refractivity contribution in [2.45, 2.75) is 45.3 Å². The normalized spacial score (nSPS) is 17.2. The summed E-state index contributed by atoms with van der Waals surface area (Å²) in [5.74, 6) is 0.897. The lowest BCUT2D eigenvalue weighted by atomic mass is 10.2. The first-order valence-electron chi connectivity index (χ1n) is 10.0. The van der Waals surface area contributed by atoms with Gasteiger partial charge in [-0.3, -0.25) is 9.79 Å². The molecule has 0 aromatic carbocycles. The molecule has 1 unspecified atom stereocenters. The van der Waals surface area contributed by atoms with Gasteiger partial charge in [0, 0.05) is 44.8 Å². The number of aliphatic imine (C=N–C) groups is 1. The molecule has 0 spiro atoms. The predicted molar refractivity (Wildman–Crippen MR) is 112 cm³/mol. The highest BCUT2D eigenvalue weighted by Gasteiger charge is 2.33. The van der Waals surface area contributed by atoms with Crippen molar-refractivity contribution < 1.29 is 18.0 Å². The van der Waals surface area contributed by atoms with Crippen LogP contribution in [0.15, 0.2) is 17.3 Å². The molecular weight excluding hydrogens is 421 g/mol. The third kappa shape index (κ3) is 7.23. The number of alkyl halides is 3. The molecule has 1 atom stereocenters. The average molecular weight is 449 g/mol. The lowest BCUT2D eigenvalue weighted by Gasteiger charge is -2.21. The van der Waals surface area contributed by atoms with Gasteiger partial charge in [0.25, 0.3) is 0 Å². The van der Waals surface area contributed by atoms with Gasteiger partial charge < -0.3 is 20.9 Å². The van der Waals surface area contributed by atoms with E-state index in [0.717, 1.165) is 25.1 Å². The van der Waals surface area contributed by atoms with Gasteiger partial charge in [0.15, 0.2) is 5.96 Å². The van der Waals surface area contributed by atoms with E-state index in [1.54, 1.807) is 0 Å². The largest absolute Gasteiger partial charge is 0.417 e. The number of guanidine groups is 1. The maximum Gasteiger partial charge on any atom is 0.417 e. The predicted octanol–water partition coefficient (Wildman–Crippen LogP) is 2.80. The third-order valence-electron chi connectivity index (χ3n) is 4.50. The number of halogens is 4. The molecule has 0 radical (unpaired) electrons. The molecule has 168 valence electrons. The molecule has 1 aromatic heterocycles. The molecule has 2 heterocycles. The second kappa shape index (κ2) is 11.2. The molecule has 11 heteroatoms. The molecule has 30 heavy (non-hydrogen) atoms. The summed E-state index contributed by atoms with van der Waals surface area (Å²) in [6.07, 6.45) is -1.74. The van der Waals surface area contributed by atoms with Gasteiger partial charge in [-0.05, 0) is 25.8 Å². The maximum atomic E-state index is 12.8. The minimum Gasteiger partial charge on any atom is -0.357 e. The van der Waals surface area contributed by atoms with Crippen molar-refractivity contribution in [2.75, 3.05) is 37.6 Å². The van der Waals surface area contributed by atoms with Crippen LogP contribution in [0.25, 0.3) is 0 Å². The van der Waals surface area contributed by atoms with Crippen molar-refractivity contribution in [3.63, 3.8) is 0 Å². The molecule has 0 aliphatic carbocycles. The fraction of sp³-hybridized carbons (Fsp3) is 0.632. The van der Waals surface area contributed by atoms with Crippen LogP contribution >= 0.6 is 11.6 Å². The quantitative estimate of drug-likeness (QED) is 0.421. The fourth-order valence-corrected chi connectivity index (χ4v) is 3.31. The number of pyridine rings is 1. The monoisotopic (exact) mass is 448 g/mol. The summed E-state index contributed by atoms with van der Waals surface area (Å²) >= 11 is 6.05. The molecular formula is C19H28ClF3N6O. The van der Waals surface area contributed by atoms with Crippen LogP contribution in [-0.4, -0.2) is 55.6 Å². The van der Waals surface area contributed by atoms with E-state index in [2.05, 4.69) is 25.9 Å². The Labute approximate surface area is 179 Å². The van der Waals surface area contributed by atoms with Crippen molar-refractivity contribution in [3.05, 3.63) is 22.8 Å². The third-order valence-corrected chi connectivity index (χ3v) is 4.78. The van der Waals surface area contributed by atoms with Gasteiger partial charge in [-0.2, -0.15) is 13.2 Å². The highest BCUT2D eigenvalue weighted by atomic mass is 35.5. The van der Waals surface area contributed by atoms with E-state index in [-0.39, 0.29) is 17.0 Å². The van der Waals surface area contributed by atoms with Crippen LogP contribution < -0.4 is 20.9 Å². The van der Waals surface area contributed by atoms with Gasteiger partial charge in [-0.1, -0.05) is 18.5 Å². The summed E-state index contributed by atoms with van der Waals surface area (Å²) in [5.41, 5.74) is -0.866. The van der Waals surface area contributed by atoms with Gasteiger partial charge in [-0.25, -0.2) is 4.98 Å². The first-order chi connectivity index (χ1) is 14.2. The summed E-state index contributed by atoms with van der Waals surface area (Å²) < 4.78 is 38.4. The van der Waals surface area contributed by atoms with E-state index in [1.165, 1.54) is 0 Å². The lowest BCUT2D eigenvalue weighted by Crippen LogP contribution is -2.44. The molecule has 1 aliphatic rings.